The van der Waals surface area contributed by atoms with E-state index < -0.39 is 11.7 Å². The van der Waals surface area contributed by atoms with Gasteiger partial charge in [-0.2, -0.15) is 13.2 Å². The van der Waals surface area contributed by atoms with Gasteiger partial charge in [0.05, 0.1) is 12.7 Å². The van der Waals surface area contributed by atoms with E-state index in [0.29, 0.717) is 31.6 Å². The van der Waals surface area contributed by atoms with Crippen molar-refractivity contribution < 1.29 is 22.7 Å². The summed E-state index contributed by atoms with van der Waals surface area (Å²) in [5, 5.41) is 3.24. The van der Waals surface area contributed by atoms with Crippen molar-refractivity contribution in [3.8, 4) is 5.75 Å². The molecule has 0 unspecified atom stereocenters. The third kappa shape index (κ3) is 6.89. The van der Waals surface area contributed by atoms with Crippen molar-refractivity contribution in [1.82, 2.24) is 9.80 Å². The molecular weight excluding hydrogens is 481 g/mol. The Hall–Kier alpha value is -2.94. The zero-order valence-electron chi connectivity index (χ0n) is 21.9. The standard InChI is InChI=1S/C28H37F3N4O2/c1-20-4-5-23(18-26(20)28(29,30)31)32-22-10-12-35(13-11-22)27(36)21(2)19-33-14-16-34(17-15-33)24-6-8-25(37-3)9-7-24/h4-9,18,21-22,32H,10-17,19H2,1-3H3/t21-/m0/s1. The minimum absolute atomic E-state index is 0.0502. The lowest BCUT2D eigenvalue weighted by atomic mass is 10.0. The summed E-state index contributed by atoms with van der Waals surface area (Å²) in [7, 11) is 1.66. The van der Waals surface area contributed by atoms with E-state index in [-0.39, 0.29) is 23.4 Å². The molecule has 6 nitrogen and oxygen atoms in total. The number of piperazine rings is 1. The molecule has 2 aliphatic rings. The van der Waals surface area contributed by atoms with E-state index in [9.17, 15) is 18.0 Å². The van der Waals surface area contributed by atoms with Gasteiger partial charge in [-0.3, -0.25) is 9.69 Å². The minimum atomic E-state index is -4.37. The molecule has 37 heavy (non-hydrogen) atoms. The number of methoxy groups -OCH3 is 1. The third-order valence-electron chi connectivity index (χ3n) is 7.48. The Bertz CT molecular complexity index is 1040. The van der Waals surface area contributed by atoms with Gasteiger partial charge in [0, 0.05) is 69.1 Å². The van der Waals surface area contributed by atoms with Crippen LogP contribution in [-0.2, 0) is 11.0 Å². The first-order chi connectivity index (χ1) is 17.6. The summed E-state index contributed by atoms with van der Waals surface area (Å²) < 4.78 is 44.9. The summed E-state index contributed by atoms with van der Waals surface area (Å²) in [6.07, 6.45) is -2.93. The maximum atomic E-state index is 13.2. The quantitative estimate of drug-likeness (QED) is 0.566. The number of carbonyl (C=O) groups is 1. The highest BCUT2D eigenvalue weighted by molar-refractivity contribution is 5.78. The molecule has 0 radical (unpaired) electrons. The maximum absolute atomic E-state index is 13.2. The molecule has 1 N–H and O–H groups in total. The fraction of sp³-hybridized carbons (Fsp3) is 0.536. The fourth-order valence-corrected chi connectivity index (χ4v) is 5.26. The molecule has 2 saturated heterocycles. The number of ether oxygens (including phenoxy) is 1. The van der Waals surface area contributed by atoms with E-state index in [0.717, 1.165) is 38.5 Å². The molecule has 1 atom stereocenters. The number of halogens is 3. The molecule has 2 aromatic carbocycles. The normalized spacial score (nSPS) is 18.5. The fourth-order valence-electron chi connectivity index (χ4n) is 5.26. The number of likely N-dealkylation sites (tertiary alicyclic amines) is 1. The Morgan fingerprint density at radius 3 is 2.27 bits per heavy atom. The number of amides is 1. The first kappa shape index (κ1) is 27.1. The van der Waals surface area contributed by atoms with Crippen LogP contribution in [0.2, 0.25) is 0 Å². The van der Waals surface area contributed by atoms with Gasteiger partial charge in [0.25, 0.3) is 0 Å². The predicted octanol–water partition coefficient (Wildman–Crippen LogP) is 4.88. The van der Waals surface area contributed by atoms with Crippen LogP contribution in [0.5, 0.6) is 5.75 Å². The number of piperidine rings is 1. The number of alkyl halides is 3. The van der Waals surface area contributed by atoms with Gasteiger partial charge >= 0.3 is 6.18 Å². The molecule has 202 valence electrons. The first-order valence-electron chi connectivity index (χ1n) is 13.0. The van der Waals surface area contributed by atoms with Crippen LogP contribution in [0, 0.1) is 12.8 Å². The van der Waals surface area contributed by atoms with Gasteiger partial charge < -0.3 is 19.9 Å². The van der Waals surface area contributed by atoms with Gasteiger partial charge in [-0.1, -0.05) is 13.0 Å². The highest BCUT2D eigenvalue weighted by atomic mass is 19.4. The number of hydrogen-bond donors (Lipinski definition) is 1. The second kappa shape index (κ2) is 11.6. The number of hydrogen-bond acceptors (Lipinski definition) is 5. The molecule has 0 aromatic heterocycles. The van der Waals surface area contributed by atoms with Crippen molar-refractivity contribution in [2.45, 2.75) is 38.9 Å². The van der Waals surface area contributed by atoms with Crippen molar-refractivity contribution in [2.75, 3.05) is 63.1 Å². The van der Waals surface area contributed by atoms with Crippen LogP contribution in [-0.4, -0.2) is 74.7 Å². The van der Waals surface area contributed by atoms with E-state index in [1.54, 1.807) is 13.2 Å². The summed E-state index contributed by atoms with van der Waals surface area (Å²) in [6, 6.07) is 12.5. The summed E-state index contributed by atoms with van der Waals surface area (Å²) in [6.45, 7) is 9.08. The van der Waals surface area contributed by atoms with Gasteiger partial charge in [0.15, 0.2) is 0 Å². The lowest BCUT2D eigenvalue weighted by Gasteiger charge is -2.38. The van der Waals surface area contributed by atoms with Gasteiger partial charge in [0.2, 0.25) is 5.91 Å². The third-order valence-corrected chi connectivity index (χ3v) is 7.48. The lowest BCUT2D eigenvalue weighted by molar-refractivity contribution is -0.138. The number of benzene rings is 2. The molecule has 4 rings (SSSR count). The van der Waals surface area contributed by atoms with Gasteiger partial charge in [-0.15, -0.1) is 0 Å². The number of anilines is 2. The molecule has 0 aliphatic carbocycles. The molecule has 0 bridgehead atoms. The molecule has 0 spiro atoms. The zero-order valence-corrected chi connectivity index (χ0v) is 21.9. The lowest BCUT2D eigenvalue weighted by Crippen LogP contribution is -2.50. The maximum Gasteiger partial charge on any atom is 0.416 e. The van der Waals surface area contributed by atoms with Crippen molar-refractivity contribution >= 4 is 17.3 Å². The molecule has 1 amide bonds. The molecule has 2 heterocycles. The molecule has 2 aromatic rings. The van der Waals surface area contributed by atoms with Crippen LogP contribution in [0.25, 0.3) is 0 Å². The van der Waals surface area contributed by atoms with E-state index in [4.69, 9.17) is 4.74 Å². The van der Waals surface area contributed by atoms with E-state index >= 15 is 0 Å². The van der Waals surface area contributed by atoms with Crippen LogP contribution in [0.3, 0.4) is 0 Å². The molecule has 9 heteroatoms. The predicted molar refractivity (Wildman–Crippen MR) is 140 cm³/mol. The van der Waals surface area contributed by atoms with Gasteiger partial charge in [-0.05, 0) is 61.7 Å². The van der Waals surface area contributed by atoms with E-state index in [1.165, 1.54) is 24.7 Å². The van der Waals surface area contributed by atoms with Crippen LogP contribution in [0.15, 0.2) is 42.5 Å². The Kier molecular flexibility index (Phi) is 8.52. The highest BCUT2D eigenvalue weighted by Gasteiger charge is 2.33. The van der Waals surface area contributed by atoms with Crippen molar-refractivity contribution in [1.29, 1.82) is 0 Å². The van der Waals surface area contributed by atoms with Crippen LogP contribution in [0.1, 0.15) is 30.9 Å². The van der Waals surface area contributed by atoms with Crippen LogP contribution >= 0.6 is 0 Å². The van der Waals surface area contributed by atoms with Crippen molar-refractivity contribution in [3.05, 3.63) is 53.6 Å². The zero-order chi connectivity index (χ0) is 26.6. The average molecular weight is 519 g/mol. The number of rotatable bonds is 7. The summed E-state index contributed by atoms with van der Waals surface area (Å²) in [4.78, 5) is 19.7. The Labute approximate surface area is 217 Å². The van der Waals surface area contributed by atoms with Crippen LogP contribution < -0.4 is 15.0 Å². The Morgan fingerprint density at radius 2 is 1.68 bits per heavy atom. The number of nitrogens with zero attached hydrogens (tertiary/aromatic N) is 3. The smallest absolute Gasteiger partial charge is 0.416 e. The van der Waals surface area contributed by atoms with E-state index in [1.807, 2.05) is 24.0 Å². The van der Waals surface area contributed by atoms with Gasteiger partial charge in [-0.25, -0.2) is 0 Å². The largest absolute Gasteiger partial charge is 0.497 e. The summed E-state index contributed by atoms with van der Waals surface area (Å²) in [5.41, 5.74) is 1.27. The average Bonchev–Trinajstić information content (AvgIpc) is 2.89. The Balaban J connectivity index is 1.21. The molecular formula is C28H37F3N4O2. The van der Waals surface area contributed by atoms with Crippen molar-refractivity contribution in [2.24, 2.45) is 5.92 Å². The second-order valence-corrected chi connectivity index (χ2v) is 10.2. The molecule has 0 saturated carbocycles. The minimum Gasteiger partial charge on any atom is -0.497 e. The van der Waals surface area contributed by atoms with Gasteiger partial charge in [0.1, 0.15) is 5.75 Å². The second-order valence-electron chi connectivity index (χ2n) is 10.2. The number of nitrogens with one attached hydrogen (secondary N) is 1. The topological polar surface area (TPSA) is 48.1 Å². The summed E-state index contributed by atoms with van der Waals surface area (Å²) >= 11 is 0. The Morgan fingerprint density at radius 1 is 1.03 bits per heavy atom. The summed E-state index contributed by atoms with van der Waals surface area (Å²) in [5.74, 6) is 0.912. The number of carbonyl (C=O) groups excluding carboxylic acids is 1. The highest BCUT2D eigenvalue weighted by Crippen LogP contribution is 2.34. The number of aryl methyl sites for hydroxylation is 1. The molecule has 2 aliphatic heterocycles. The molecule has 2 fully saturated rings. The van der Waals surface area contributed by atoms with Crippen LogP contribution in [0.4, 0.5) is 24.5 Å². The van der Waals surface area contributed by atoms with Crippen molar-refractivity contribution in [3.63, 3.8) is 0 Å². The SMILES string of the molecule is COc1ccc(N2CCN(C[C@H](C)C(=O)N3CCC(Nc4ccc(C)c(C(F)(F)F)c4)CC3)CC2)cc1. The van der Waals surface area contributed by atoms with E-state index in [2.05, 4.69) is 27.2 Å². The monoisotopic (exact) mass is 518 g/mol. The first-order valence-corrected chi connectivity index (χ1v) is 13.0.